The molecule has 274 valence electrons. The van der Waals surface area contributed by atoms with Crippen LogP contribution in [-0.4, -0.2) is 7.05 Å². The summed E-state index contributed by atoms with van der Waals surface area (Å²) in [5, 5.41) is 0. The summed E-state index contributed by atoms with van der Waals surface area (Å²) in [7, 11) is 2.17. The lowest BCUT2D eigenvalue weighted by Crippen LogP contribution is -2.26. The summed E-state index contributed by atoms with van der Waals surface area (Å²) in [5.74, 6) is 0. The van der Waals surface area contributed by atoms with E-state index in [1.165, 1.54) is 87.4 Å². The lowest BCUT2D eigenvalue weighted by Gasteiger charge is -2.34. The largest absolute Gasteiger partial charge is 0.345 e. The molecule has 0 aliphatic heterocycles. The average Bonchev–Trinajstić information content (AvgIpc) is 3.45. The summed E-state index contributed by atoms with van der Waals surface area (Å²) in [6, 6.07) is 41.9. The number of anilines is 5. The van der Waals surface area contributed by atoms with Crippen molar-refractivity contribution < 1.29 is 0 Å². The standard InChI is InChI=1S/C51H60N2/c1-7-11-15-35-51(36-16-12-8-2)49-37-39(5)19-33-47(49)48-34-32-46(38-50(48)51)53(44-26-22-41(23-27-44)18-14-10-4)45-30-28-43(29-31-45)52(6)42-24-20-40(21-25-42)17-13-9-3/h7-8,19-34,37-38H,1-2,9-18,35-36H2,3-6H3. The van der Waals surface area contributed by atoms with Crippen molar-refractivity contribution in [3.8, 4) is 11.1 Å². The highest BCUT2D eigenvalue weighted by molar-refractivity contribution is 5.86. The second-order valence-corrected chi connectivity index (χ2v) is 15.2. The van der Waals surface area contributed by atoms with Gasteiger partial charge in [-0.1, -0.05) is 92.9 Å². The van der Waals surface area contributed by atoms with Crippen molar-refractivity contribution >= 4 is 28.4 Å². The van der Waals surface area contributed by atoms with Crippen LogP contribution in [0, 0.1) is 6.92 Å². The molecule has 0 radical (unpaired) electrons. The number of hydrogen-bond acceptors (Lipinski definition) is 2. The first kappa shape index (κ1) is 37.9. The fourth-order valence-electron chi connectivity index (χ4n) is 8.38. The minimum Gasteiger partial charge on any atom is -0.345 e. The quantitative estimate of drug-likeness (QED) is 0.0625. The van der Waals surface area contributed by atoms with E-state index in [2.05, 4.69) is 172 Å². The predicted octanol–water partition coefficient (Wildman–Crippen LogP) is 14.9. The van der Waals surface area contributed by atoms with E-state index in [0.29, 0.717) is 0 Å². The molecule has 5 aromatic carbocycles. The topological polar surface area (TPSA) is 6.48 Å². The molecular formula is C51H60N2. The SMILES string of the molecule is C=CCCCC1(CCCC=C)c2cc(C)ccc2-c2ccc(N(c3ccc(CCCC)cc3)c3ccc(N(C)c4ccc(CCCC)cc4)cc3)cc21. The number of rotatable bonds is 19. The fraction of sp³-hybridized carbons (Fsp3) is 0.333. The van der Waals surface area contributed by atoms with Crippen molar-refractivity contribution in [1.82, 2.24) is 0 Å². The Balaban J connectivity index is 1.42. The zero-order valence-electron chi connectivity index (χ0n) is 32.8. The van der Waals surface area contributed by atoms with Gasteiger partial charge in [0.15, 0.2) is 0 Å². The van der Waals surface area contributed by atoms with Crippen molar-refractivity contribution in [2.75, 3.05) is 16.8 Å². The summed E-state index contributed by atoms with van der Waals surface area (Å²) in [4.78, 5) is 4.75. The van der Waals surface area contributed by atoms with Gasteiger partial charge < -0.3 is 9.80 Å². The number of allylic oxidation sites excluding steroid dienone is 2. The first-order valence-electron chi connectivity index (χ1n) is 20.2. The molecule has 2 heteroatoms. The highest BCUT2D eigenvalue weighted by Crippen LogP contribution is 2.55. The van der Waals surface area contributed by atoms with Crippen LogP contribution < -0.4 is 9.80 Å². The second-order valence-electron chi connectivity index (χ2n) is 15.2. The van der Waals surface area contributed by atoms with E-state index >= 15 is 0 Å². The van der Waals surface area contributed by atoms with Crippen LogP contribution in [0.1, 0.15) is 106 Å². The molecule has 0 unspecified atom stereocenters. The average molecular weight is 701 g/mol. The molecule has 1 aliphatic carbocycles. The number of benzene rings is 5. The van der Waals surface area contributed by atoms with Crippen LogP contribution in [0.5, 0.6) is 0 Å². The fourth-order valence-corrected chi connectivity index (χ4v) is 8.38. The van der Waals surface area contributed by atoms with E-state index in [0.717, 1.165) is 57.1 Å². The van der Waals surface area contributed by atoms with Crippen molar-refractivity contribution in [3.63, 3.8) is 0 Å². The molecule has 0 N–H and O–H groups in total. The van der Waals surface area contributed by atoms with Crippen molar-refractivity contribution in [3.05, 3.63) is 162 Å². The molecule has 0 atom stereocenters. The van der Waals surface area contributed by atoms with Crippen molar-refractivity contribution in [2.45, 2.75) is 103 Å². The minimum absolute atomic E-state index is 0.0486. The lowest BCUT2D eigenvalue weighted by atomic mass is 9.70. The van der Waals surface area contributed by atoms with Crippen LogP contribution in [0.3, 0.4) is 0 Å². The Labute approximate surface area is 320 Å². The number of aryl methyl sites for hydroxylation is 3. The number of nitrogens with zero attached hydrogens (tertiary/aromatic N) is 2. The molecule has 1 aliphatic rings. The minimum atomic E-state index is -0.0486. The third kappa shape index (κ3) is 8.38. The third-order valence-electron chi connectivity index (χ3n) is 11.4. The van der Waals surface area contributed by atoms with Crippen molar-refractivity contribution in [1.29, 1.82) is 0 Å². The van der Waals surface area contributed by atoms with Crippen molar-refractivity contribution in [2.24, 2.45) is 0 Å². The molecule has 53 heavy (non-hydrogen) atoms. The highest BCUT2D eigenvalue weighted by atomic mass is 15.1. The maximum atomic E-state index is 4.08. The van der Waals surface area contributed by atoms with Crippen LogP contribution in [0.2, 0.25) is 0 Å². The molecule has 0 bridgehead atoms. The lowest BCUT2D eigenvalue weighted by molar-refractivity contribution is 0.422. The Morgan fingerprint density at radius 2 is 0.962 bits per heavy atom. The van der Waals surface area contributed by atoms with Crippen LogP contribution in [0.4, 0.5) is 28.4 Å². The number of hydrogen-bond donors (Lipinski definition) is 0. The van der Waals surface area contributed by atoms with Gasteiger partial charge >= 0.3 is 0 Å². The first-order valence-corrected chi connectivity index (χ1v) is 20.2. The Morgan fingerprint density at radius 1 is 0.528 bits per heavy atom. The van der Waals surface area contributed by atoms with Crippen LogP contribution in [-0.2, 0) is 18.3 Å². The van der Waals surface area contributed by atoms with Crippen LogP contribution in [0.15, 0.2) is 135 Å². The molecule has 5 aromatic rings. The molecule has 0 aromatic heterocycles. The zero-order chi connectivity index (χ0) is 37.2. The van der Waals surface area contributed by atoms with Gasteiger partial charge in [0.2, 0.25) is 0 Å². The zero-order valence-corrected chi connectivity index (χ0v) is 32.8. The molecule has 6 rings (SSSR count). The molecule has 0 spiro atoms. The molecule has 0 amide bonds. The van der Waals surface area contributed by atoms with Gasteiger partial charge in [-0.05, 0) is 165 Å². The number of unbranched alkanes of at least 4 members (excludes halogenated alkanes) is 4. The van der Waals surface area contributed by atoms with Gasteiger partial charge in [-0.15, -0.1) is 13.2 Å². The van der Waals surface area contributed by atoms with Gasteiger partial charge in [-0.25, -0.2) is 0 Å². The van der Waals surface area contributed by atoms with Gasteiger partial charge in [-0.2, -0.15) is 0 Å². The maximum Gasteiger partial charge on any atom is 0.0465 e. The van der Waals surface area contributed by atoms with Gasteiger partial charge in [0, 0.05) is 40.9 Å². The smallest absolute Gasteiger partial charge is 0.0465 e. The van der Waals surface area contributed by atoms with E-state index in [9.17, 15) is 0 Å². The summed E-state index contributed by atoms with van der Waals surface area (Å²) in [6.07, 6.45) is 17.8. The Morgan fingerprint density at radius 3 is 1.47 bits per heavy atom. The summed E-state index contributed by atoms with van der Waals surface area (Å²) in [6.45, 7) is 14.9. The van der Waals surface area contributed by atoms with Gasteiger partial charge in [0.05, 0.1) is 0 Å². The summed E-state index contributed by atoms with van der Waals surface area (Å²) in [5.41, 5.74) is 15.8. The Kier molecular flexibility index (Phi) is 12.7. The van der Waals surface area contributed by atoms with E-state index in [4.69, 9.17) is 0 Å². The predicted molar refractivity (Wildman–Crippen MR) is 232 cm³/mol. The first-order chi connectivity index (χ1) is 25.9. The summed E-state index contributed by atoms with van der Waals surface area (Å²) >= 11 is 0. The molecule has 2 nitrogen and oxygen atoms in total. The van der Waals surface area contributed by atoms with Crippen LogP contribution in [0.25, 0.3) is 11.1 Å². The maximum absolute atomic E-state index is 4.08. The second kappa shape index (κ2) is 17.8. The van der Waals surface area contributed by atoms with E-state index in [-0.39, 0.29) is 5.41 Å². The normalized spacial score (nSPS) is 12.6. The van der Waals surface area contributed by atoms with Gasteiger partial charge in [-0.3, -0.25) is 0 Å². The molecule has 0 saturated heterocycles. The molecular weight excluding hydrogens is 641 g/mol. The van der Waals surface area contributed by atoms with Crippen LogP contribution >= 0.6 is 0 Å². The highest BCUT2D eigenvalue weighted by Gasteiger charge is 2.42. The monoisotopic (exact) mass is 700 g/mol. The van der Waals surface area contributed by atoms with E-state index < -0.39 is 0 Å². The van der Waals surface area contributed by atoms with E-state index in [1.54, 1.807) is 0 Å². The summed E-state index contributed by atoms with van der Waals surface area (Å²) < 4.78 is 0. The molecule has 0 saturated carbocycles. The van der Waals surface area contributed by atoms with E-state index in [1.807, 2.05) is 0 Å². The molecule has 0 fully saturated rings. The van der Waals surface area contributed by atoms with Gasteiger partial charge in [0.25, 0.3) is 0 Å². The van der Waals surface area contributed by atoms with Gasteiger partial charge in [0.1, 0.15) is 0 Å². The Hall–Kier alpha value is -4.82. The molecule has 0 heterocycles. The number of fused-ring (bicyclic) bond motifs is 3. The third-order valence-corrected chi connectivity index (χ3v) is 11.4. The Bertz CT molecular complexity index is 1930.